The molecule has 0 radical (unpaired) electrons. The third kappa shape index (κ3) is 3.35. The third-order valence-electron chi connectivity index (χ3n) is 2.62. The van der Waals surface area contributed by atoms with Crippen molar-refractivity contribution in [2.24, 2.45) is 0 Å². The summed E-state index contributed by atoms with van der Waals surface area (Å²) in [5.74, 6) is 0.941. The molecular weight excluding hydrogens is 228 g/mol. The van der Waals surface area contributed by atoms with Crippen molar-refractivity contribution in [2.75, 3.05) is 0 Å². The summed E-state index contributed by atoms with van der Waals surface area (Å²) < 4.78 is 0. The van der Waals surface area contributed by atoms with E-state index in [1.807, 2.05) is 19.1 Å². The van der Waals surface area contributed by atoms with Crippen LogP contribution in [0.5, 0.6) is 0 Å². The predicted octanol–water partition coefficient (Wildman–Crippen LogP) is 3.78. The average Bonchev–Trinajstić information content (AvgIpc) is 2.38. The van der Waals surface area contributed by atoms with Crippen molar-refractivity contribution in [1.82, 2.24) is 0 Å². The summed E-state index contributed by atoms with van der Waals surface area (Å²) in [6, 6.07) is 16.6. The van der Waals surface area contributed by atoms with Crippen molar-refractivity contribution in [3.8, 4) is 0 Å². The molecule has 0 saturated carbocycles. The van der Waals surface area contributed by atoms with Crippen LogP contribution in [0.2, 0.25) is 0 Å². The molecule has 0 fully saturated rings. The van der Waals surface area contributed by atoms with E-state index in [1.54, 1.807) is 11.8 Å². The van der Waals surface area contributed by atoms with Crippen molar-refractivity contribution in [3.05, 3.63) is 65.2 Å². The summed E-state index contributed by atoms with van der Waals surface area (Å²) >= 11 is 1.77. The van der Waals surface area contributed by atoms with E-state index >= 15 is 0 Å². The van der Waals surface area contributed by atoms with Gasteiger partial charge >= 0.3 is 0 Å². The predicted molar refractivity (Wildman–Crippen MR) is 73.1 cm³/mol. The lowest BCUT2D eigenvalue weighted by Crippen LogP contribution is -1.89. The van der Waals surface area contributed by atoms with Gasteiger partial charge in [-0.3, -0.25) is 0 Å². The molecule has 0 saturated heterocycles. The number of aliphatic hydroxyl groups excluding tert-OH is 1. The maximum atomic E-state index is 9.33. The maximum absolute atomic E-state index is 9.33. The molecule has 2 rings (SSSR count). The highest BCUT2D eigenvalue weighted by atomic mass is 32.2. The molecule has 0 aromatic heterocycles. The maximum Gasteiger partial charge on any atom is 0.0692 e. The molecular formula is C15H16OS. The second kappa shape index (κ2) is 5.89. The Morgan fingerprint density at radius 1 is 1.06 bits per heavy atom. The molecule has 88 valence electrons. The molecule has 1 nitrogen and oxygen atoms in total. The second-order valence-corrected chi connectivity index (χ2v) is 5.06. The van der Waals surface area contributed by atoms with Crippen LogP contribution in [0.1, 0.15) is 16.7 Å². The summed E-state index contributed by atoms with van der Waals surface area (Å²) in [6.07, 6.45) is 0. The molecule has 2 heteroatoms. The highest BCUT2D eigenvalue weighted by Crippen LogP contribution is 2.27. The van der Waals surface area contributed by atoms with E-state index in [2.05, 4.69) is 36.4 Å². The molecule has 0 amide bonds. The van der Waals surface area contributed by atoms with Crippen LogP contribution in [0, 0.1) is 6.92 Å². The average molecular weight is 244 g/mol. The number of aliphatic hydroxyl groups is 1. The van der Waals surface area contributed by atoms with Gasteiger partial charge in [-0.15, -0.1) is 11.8 Å². The van der Waals surface area contributed by atoms with Crippen molar-refractivity contribution in [2.45, 2.75) is 24.2 Å². The van der Waals surface area contributed by atoms with Crippen LogP contribution >= 0.6 is 11.8 Å². The van der Waals surface area contributed by atoms with Gasteiger partial charge in [-0.2, -0.15) is 0 Å². The van der Waals surface area contributed by atoms with Crippen molar-refractivity contribution in [3.63, 3.8) is 0 Å². The highest BCUT2D eigenvalue weighted by molar-refractivity contribution is 7.98. The molecule has 0 heterocycles. The second-order valence-electron chi connectivity index (χ2n) is 4.04. The lowest BCUT2D eigenvalue weighted by Gasteiger charge is -2.08. The van der Waals surface area contributed by atoms with Gasteiger partial charge in [0.1, 0.15) is 0 Å². The third-order valence-corrected chi connectivity index (χ3v) is 3.81. The zero-order valence-electron chi connectivity index (χ0n) is 9.89. The van der Waals surface area contributed by atoms with Gasteiger partial charge in [0.05, 0.1) is 6.61 Å². The molecule has 0 aliphatic heterocycles. The largest absolute Gasteiger partial charge is 0.392 e. The van der Waals surface area contributed by atoms with Crippen LogP contribution in [-0.4, -0.2) is 5.11 Å². The van der Waals surface area contributed by atoms with E-state index in [0.717, 1.165) is 11.3 Å². The molecule has 0 aliphatic rings. The van der Waals surface area contributed by atoms with Crippen LogP contribution in [0.4, 0.5) is 0 Å². The quantitative estimate of drug-likeness (QED) is 0.826. The van der Waals surface area contributed by atoms with Crippen molar-refractivity contribution >= 4 is 11.8 Å². The minimum Gasteiger partial charge on any atom is -0.392 e. The van der Waals surface area contributed by atoms with E-state index in [4.69, 9.17) is 0 Å². The summed E-state index contributed by atoms with van der Waals surface area (Å²) in [5, 5.41) is 9.33. The van der Waals surface area contributed by atoms with Crippen LogP contribution in [-0.2, 0) is 12.4 Å². The number of benzene rings is 2. The monoisotopic (exact) mass is 244 g/mol. The minimum absolute atomic E-state index is 0.110. The molecule has 17 heavy (non-hydrogen) atoms. The molecule has 0 bridgehead atoms. The zero-order valence-corrected chi connectivity index (χ0v) is 10.7. The fourth-order valence-corrected chi connectivity index (χ4v) is 2.70. The molecule has 0 spiro atoms. The van der Waals surface area contributed by atoms with Gasteiger partial charge in [0, 0.05) is 10.6 Å². The van der Waals surface area contributed by atoms with Crippen molar-refractivity contribution in [1.29, 1.82) is 0 Å². The highest BCUT2D eigenvalue weighted by Gasteiger charge is 2.03. The van der Waals surface area contributed by atoms with Gasteiger partial charge < -0.3 is 5.11 Å². The summed E-state index contributed by atoms with van der Waals surface area (Å²) in [7, 11) is 0. The fraction of sp³-hybridized carbons (Fsp3) is 0.200. The lowest BCUT2D eigenvalue weighted by atomic mass is 10.1. The number of rotatable bonds is 4. The summed E-state index contributed by atoms with van der Waals surface area (Å²) in [6.45, 7) is 2.16. The van der Waals surface area contributed by atoms with Gasteiger partial charge in [-0.25, -0.2) is 0 Å². The minimum atomic E-state index is 0.110. The molecule has 0 aliphatic carbocycles. The van der Waals surface area contributed by atoms with E-state index in [1.165, 1.54) is 16.0 Å². The summed E-state index contributed by atoms with van der Waals surface area (Å²) in [4.78, 5) is 1.17. The van der Waals surface area contributed by atoms with Crippen molar-refractivity contribution < 1.29 is 5.11 Å². The van der Waals surface area contributed by atoms with Gasteiger partial charge in [0.15, 0.2) is 0 Å². The fourth-order valence-electron chi connectivity index (χ4n) is 1.71. The Morgan fingerprint density at radius 2 is 1.82 bits per heavy atom. The van der Waals surface area contributed by atoms with Gasteiger partial charge in [-0.05, 0) is 24.1 Å². The summed E-state index contributed by atoms with van der Waals surface area (Å²) in [5.41, 5.74) is 3.52. The Labute approximate surface area is 107 Å². The van der Waals surface area contributed by atoms with Crippen LogP contribution < -0.4 is 0 Å². The molecule has 2 aromatic rings. The first kappa shape index (κ1) is 12.2. The normalized spacial score (nSPS) is 10.5. The number of hydrogen-bond acceptors (Lipinski definition) is 2. The topological polar surface area (TPSA) is 20.2 Å². The first-order valence-corrected chi connectivity index (χ1v) is 6.65. The Kier molecular flexibility index (Phi) is 4.24. The zero-order chi connectivity index (χ0) is 12.1. The Hall–Kier alpha value is -1.25. The molecule has 1 N–H and O–H groups in total. The van der Waals surface area contributed by atoms with Gasteiger partial charge in [-0.1, -0.05) is 48.0 Å². The molecule has 2 aromatic carbocycles. The van der Waals surface area contributed by atoms with Crippen LogP contribution in [0.15, 0.2) is 53.4 Å². The first-order valence-electron chi connectivity index (χ1n) is 5.66. The van der Waals surface area contributed by atoms with E-state index in [0.29, 0.717) is 0 Å². The first-order chi connectivity index (χ1) is 8.29. The SMILES string of the molecule is Cc1ccc(SCc2ccccc2)c(CO)c1. The van der Waals surface area contributed by atoms with Crippen LogP contribution in [0.25, 0.3) is 0 Å². The number of hydrogen-bond donors (Lipinski definition) is 1. The number of thioether (sulfide) groups is 1. The standard InChI is InChI=1S/C15H16OS/c1-12-7-8-15(14(9-12)10-16)17-11-13-5-3-2-4-6-13/h2-9,16H,10-11H2,1H3. The van der Waals surface area contributed by atoms with E-state index < -0.39 is 0 Å². The van der Waals surface area contributed by atoms with Gasteiger partial charge in [0.2, 0.25) is 0 Å². The van der Waals surface area contributed by atoms with E-state index in [9.17, 15) is 5.11 Å². The van der Waals surface area contributed by atoms with Gasteiger partial charge in [0.25, 0.3) is 0 Å². The van der Waals surface area contributed by atoms with E-state index in [-0.39, 0.29) is 6.61 Å². The Balaban J connectivity index is 2.09. The number of aryl methyl sites for hydroxylation is 1. The molecule has 0 unspecified atom stereocenters. The smallest absolute Gasteiger partial charge is 0.0692 e. The Bertz CT molecular complexity index is 480. The Morgan fingerprint density at radius 3 is 2.53 bits per heavy atom. The van der Waals surface area contributed by atoms with Crippen LogP contribution in [0.3, 0.4) is 0 Å². The lowest BCUT2D eigenvalue weighted by molar-refractivity contribution is 0.279. The molecule has 0 atom stereocenters.